The number of methoxy groups -OCH3 is 1. The molecule has 3 N–H and O–H groups in total. The van der Waals surface area contributed by atoms with Crippen molar-refractivity contribution in [2.45, 2.75) is 32.0 Å². The van der Waals surface area contributed by atoms with E-state index in [4.69, 9.17) is 0 Å². The van der Waals surface area contributed by atoms with E-state index in [9.17, 15) is 9.59 Å². The fourth-order valence-electron chi connectivity index (χ4n) is 1.90. The second-order valence-corrected chi connectivity index (χ2v) is 4.22. The zero-order chi connectivity index (χ0) is 13.1. The van der Waals surface area contributed by atoms with Crippen LogP contribution in [-0.2, 0) is 27.3 Å². The van der Waals surface area contributed by atoms with Gasteiger partial charge < -0.3 is 15.0 Å². The van der Waals surface area contributed by atoms with Gasteiger partial charge in [-0.3, -0.25) is 10.1 Å². The number of esters is 1. The Hall–Kier alpha value is -1.89. The summed E-state index contributed by atoms with van der Waals surface area (Å²) in [6.07, 6.45) is 2.13. The number of nitrogens with zero attached hydrogens (tertiary/aromatic N) is 1. The average molecular weight is 252 g/mol. The van der Waals surface area contributed by atoms with Crippen LogP contribution < -0.4 is 10.6 Å². The first-order valence-corrected chi connectivity index (χ1v) is 5.74. The van der Waals surface area contributed by atoms with Crippen LogP contribution in [0.4, 0.5) is 0 Å². The number of carbonyl (C=O) groups excluding carboxylic acids is 2. The number of aromatic nitrogens is 2. The van der Waals surface area contributed by atoms with E-state index in [0.29, 0.717) is 13.0 Å². The summed E-state index contributed by atoms with van der Waals surface area (Å²) in [5.74, 6) is -0.679. The lowest BCUT2D eigenvalue weighted by atomic mass is 10.0. The van der Waals surface area contributed by atoms with Crippen molar-refractivity contribution in [1.82, 2.24) is 20.6 Å². The smallest absolute Gasteiger partial charge is 0.328 e. The Balaban J connectivity index is 1.93. The van der Waals surface area contributed by atoms with Gasteiger partial charge in [-0.2, -0.15) is 0 Å². The van der Waals surface area contributed by atoms with Crippen molar-refractivity contribution in [3.8, 4) is 0 Å². The third kappa shape index (κ3) is 2.51. The normalized spacial score (nSPS) is 19.8. The van der Waals surface area contributed by atoms with E-state index in [2.05, 4.69) is 25.3 Å². The lowest BCUT2D eigenvalue weighted by Crippen LogP contribution is -2.51. The van der Waals surface area contributed by atoms with E-state index >= 15 is 0 Å². The summed E-state index contributed by atoms with van der Waals surface area (Å²) < 4.78 is 4.55. The van der Waals surface area contributed by atoms with E-state index < -0.39 is 12.0 Å². The fraction of sp³-hybridized carbons (Fsp3) is 0.545. The van der Waals surface area contributed by atoms with Gasteiger partial charge in [0, 0.05) is 13.0 Å². The number of carbonyl (C=O) groups is 2. The van der Waals surface area contributed by atoms with Crippen molar-refractivity contribution >= 4 is 11.9 Å². The van der Waals surface area contributed by atoms with Crippen molar-refractivity contribution in [2.24, 2.45) is 0 Å². The van der Waals surface area contributed by atoms with Crippen molar-refractivity contribution in [2.75, 3.05) is 7.11 Å². The Bertz CT molecular complexity index is 457. The molecule has 0 radical (unpaired) electrons. The maximum atomic E-state index is 11.9. The summed E-state index contributed by atoms with van der Waals surface area (Å²) in [4.78, 5) is 30.3. The van der Waals surface area contributed by atoms with Crippen LogP contribution in [0.5, 0.6) is 0 Å². The molecule has 1 aromatic rings. The molecule has 0 bridgehead atoms. The van der Waals surface area contributed by atoms with Gasteiger partial charge in [-0.1, -0.05) is 0 Å². The highest BCUT2D eigenvalue weighted by Crippen LogP contribution is 2.12. The van der Waals surface area contributed by atoms with Crippen LogP contribution in [0.3, 0.4) is 0 Å². The summed E-state index contributed by atoms with van der Waals surface area (Å²) in [5.41, 5.74) is 1.89. The molecule has 0 aliphatic carbocycles. The Morgan fingerprint density at radius 1 is 1.61 bits per heavy atom. The number of rotatable bonds is 3. The minimum absolute atomic E-state index is 0.221. The van der Waals surface area contributed by atoms with Gasteiger partial charge in [-0.05, 0) is 6.92 Å². The number of hydrogen-bond donors (Lipinski definition) is 3. The lowest BCUT2D eigenvalue weighted by Gasteiger charge is -2.23. The SMILES string of the molecule is COC(=O)C(C)NC(=O)C1Cc2nc[nH]c2CN1. The van der Waals surface area contributed by atoms with Gasteiger partial charge in [-0.25, -0.2) is 9.78 Å². The largest absolute Gasteiger partial charge is 0.467 e. The van der Waals surface area contributed by atoms with Crippen molar-refractivity contribution < 1.29 is 14.3 Å². The predicted molar refractivity (Wildman–Crippen MR) is 62.5 cm³/mol. The molecule has 18 heavy (non-hydrogen) atoms. The molecule has 0 spiro atoms. The van der Waals surface area contributed by atoms with E-state index in [0.717, 1.165) is 11.4 Å². The van der Waals surface area contributed by atoms with E-state index in [-0.39, 0.29) is 11.9 Å². The van der Waals surface area contributed by atoms with Gasteiger partial charge >= 0.3 is 5.97 Å². The minimum atomic E-state index is -0.648. The van der Waals surface area contributed by atoms with Crippen LogP contribution >= 0.6 is 0 Å². The number of imidazole rings is 1. The third-order valence-electron chi connectivity index (χ3n) is 2.96. The molecule has 7 nitrogen and oxygen atoms in total. The topological polar surface area (TPSA) is 96.1 Å². The Kier molecular flexibility index (Phi) is 3.61. The van der Waals surface area contributed by atoms with Crippen molar-refractivity contribution in [3.63, 3.8) is 0 Å². The number of amides is 1. The molecule has 0 aromatic carbocycles. The molecule has 0 fully saturated rings. The average Bonchev–Trinajstić information content (AvgIpc) is 2.84. The highest BCUT2D eigenvalue weighted by atomic mass is 16.5. The van der Waals surface area contributed by atoms with Crippen LogP contribution in [0.25, 0.3) is 0 Å². The second-order valence-electron chi connectivity index (χ2n) is 4.22. The molecule has 7 heteroatoms. The highest BCUT2D eigenvalue weighted by Gasteiger charge is 2.27. The number of aromatic amines is 1. The molecular formula is C11H16N4O3. The molecule has 1 aromatic heterocycles. The molecule has 1 aliphatic rings. The molecule has 2 heterocycles. The Labute approximate surface area is 104 Å². The van der Waals surface area contributed by atoms with Gasteiger partial charge in [0.25, 0.3) is 0 Å². The van der Waals surface area contributed by atoms with Crippen molar-refractivity contribution in [3.05, 3.63) is 17.7 Å². The van der Waals surface area contributed by atoms with Crippen LogP contribution in [-0.4, -0.2) is 41.0 Å². The molecule has 2 atom stereocenters. The molecule has 2 rings (SSSR count). The molecule has 0 saturated heterocycles. The maximum Gasteiger partial charge on any atom is 0.328 e. The first-order chi connectivity index (χ1) is 8.61. The number of hydrogen-bond acceptors (Lipinski definition) is 5. The zero-order valence-corrected chi connectivity index (χ0v) is 10.3. The number of fused-ring (bicyclic) bond motifs is 1. The van der Waals surface area contributed by atoms with Gasteiger partial charge in [0.1, 0.15) is 6.04 Å². The third-order valence-corrected chi connectivity index (χ3v) is 2.96. The van der Waals surface area contributed by atoms with E-state index in [1.54, 1.807) is 13.3 Å². The van der Waals surface area contributed by atoms with Gasteiger partial charge in [-0.15, -0.1) is 0 Å². The number of H-pyrrole nitrogens is 1. The van der Waals surface area contributed by atoms with E-state index in [1.165, 1.54) is 7.11 Å². The van der Waals surface area contributed by atoms with Gasteiger partial charge in [0.2, 0.25) is 5.91 Å². The van der Waals surface area contributed by atoms with Crippen LogP contribution in [0.2, 0.25) is 0 Å². The first kappa shape index (κ1) is 12.6. The monoisotopic (exact) mass is 252 g/mol. The minimum Gasteiger partial charge on any atom is -0.467 e. The van der Waals surface area contributed by atoms with Crippen LogP contribution in [0.1, 0.15) is 18.3 Å². The van der Waals surface area contributed by atoms with Gasteiger partial charge in [0.05, 0.1) is 30.9 Å². The predicted octanol–water partition coefficient (Wildman–Crippen LogP) is -0.898. The van der Waals surface area contributed by atoms with Crippen molar-refractivity contribution in [1.29, 1.82) is 0 Å². The Morgan fingerprint density at radius 2 is 2.39 bits per heavy atom. The summed E-state index contributed by atoms with van der Waals surface area (Å²) in [6, 6.07) is -1.02. The molecular weight excluding hydrogens is 236 g/mol. The van der Waals surface area contributed by atoms with Gasteiger partial charge in [0.15, 0.2) is 0 Å². The summed E-state index contributed by atoms with van der Waals surface area (Å²) >= 11 is 0. The number of ether oxygens (including phenoxy) is 1. The molecule has 1 aliphatic heterocycles. The van der Waals surface area contributed by atoms with Crippen LogP contribution in [0.15, 0.2) is 6.33 Å². The zero-order valence-electron chi connectivity index (χ0n) is 10.3. The molecule has 2 unspecified atom stereocenters. The standard InChI is InChI=1S/C11H16N4O3/c1-6(11(17)18-2)15-10(16)8-3-7-9(4-12-8)14-5-13-7/h5-6,8,12H,3-4H2,1-2H3,(H,13,14)(H,15,16). The molecule has 98 valence electrons. The Morgan fingerprint density at radius 3 is 3.11 bits per heavy atom. The highest BCUT2D eigenvalue weighted by molar-refractivity contribution is 5.87. The summed E-state index contributed by atoms with van der Waals surface area (Å²) in [5, 5.41) is 5.70. The number of nitrogens with one attached hydrogen (secondary N) is 3. The quantitative estimate of drug-likeness (QED) is 0.606. The fourth-order valence-corrected chi connectivity index (χ4v) is 1.90. The summed E-state index contributed by atoms with van der Waals surface area (Å²) in [7, 11) is 1.29. The first-order valence-electron chi connectivity index (χ1n) is 5.74. The lowest BCUT2D eigenvalue weighted by molar-refractivity contribution is -0.144. The molecule has 0 saturated carbocycles. The van der Waals surface area contributed by atoms with E-state index in [1.807, 2.05) is 0 Å². The van der Waals surface area contributed by atoms with Crippen LogP contribution in [0, 0.1) is 0 Å². The molecule has 1 amide bonds. The summed E-state index contributed by atoms with van der Waals surface area (Å²) in [6.45, 7) is 2.16. The second kappa shape index (κ2) is 5.18. The maximum absolute atomic E-state index is 11.9.